The molecule has 104 valence electrons. The number of hydrogen-bond donors (Lipinski definition) is 1. The first-order valence-corrected chi connectivity index (χ1v) is 6.88. The van der Waals surface area contributed by atoms with Gasteiger partial charge in [0.25, 0.3) is 0 Å². The maximum atomic E-state index is 10.3. The van der Waals surface area contributed by atoms with E-state index in [1.165, 1.54) is 6.42 Å². The molecule has 1 heteroatoms. The zero-order valence-corrected chi connectivity index (χ0v) is 13.4. The van der Waals surface area contributed by atoms with Gasteiger partial charge in [-0.3, -0.25) is 0 Å². The second-order valence-electron chi connectivity index (χ2n) is 6.91. The van der Waals surface area contributed by atoms with Crippen LogP contribution in [0, 0.1) is 0 Å². The molecule has 0 aliphatic carbocycles. The lowest BCUT2D eigenvalue weighted by molar-refractivity contribution is 0.423. The van der Waals surface area contributed by atoms with E-state index in [2.05, 4.69) is 55.4 Å². The smallest absolute Gasteiger partial charge is 0.123 e. The fraction of sp³-hybridized carbons (Fsp3) is 0.647. The monoisotopic (exact) mass is 250 g/mol. The topological polar surface area (TPSA) is 20.2 Å². The van der Waals surface area contributed by atoms with Crippen LogP contribution in [-0.2, 0) is 10.8 Å². The molecule has 1 rings (SSSR count). The summed E-state index contributed by atoms with van der Waals surface area (Å²) in [4.78, 5) is 0. The standard InChI is InChI=1S/C14H22O.C3H8/c1-13(2,3)10-8-7-9-11(12(10)15)14(4,5)6;1-3-2/h7-9,15H,1-6H3;3H2,1-2H3. The summed E-state index contributed by atoms with van der Waals surface area (Å²) in [6.07, 6.45) is 1.25. The molecule has 0 amide bonds. The molecule has 0 spiro atoms. The Kier molecular flexibility index (Phi) is 5.92. The molecule has 1 N–H and O–H groups in total. The van der Waals surface area contributed by atoms with Crippen LogP contribution in [0.3, 0.4) is 0 Å². The van der Waals surface area contributed by atoms with Gasteiger partial charge in [0.15, 0.2) is 0 Å². The Balaban J connectivity index is 0.000000873. The summed E-state index contributed by atoms with van der Waals surface area (Å²) < 4.78 is 0. The number of phenolic OH excluding ortho intramolecular Hbond substituents is 1. The molecule has 1 nitrogen and oxygen atoms in total. The first-order valence-electron chi connectivity index (χ1n) is 6.88. The second kappa shape index (κ2) is 6.26. The quantitative estimate of drug-likeness (QED) is 0.653. The van der Waals surface area contributed by atoms with E-state index in [0.29, 0.717) is 5.75 Å². The molecule has 1 aromatic carbocycles. The van der Waals surface area contributed by atoms with Crippen molar-refractivity contribution in [3.05, 3.63) is 29.3 Å². The van der Waals surface area contributed by atoms with Gasteiger partial charge in [0.05, 0.1) is 0 Å². The molecule has 0 unspecified atom stereocenters. The molecular formula is C17H30O. The van der Waals surface area contributed by atoms with Crippen LogP contribution in [-0.4, -0.2) is 5.11 Å². The third-order valence-electron chi connectivity index (χ3n) is 2.65. The van der Waals surface area contributed by atoms with Gasteiger partial charge in [-0.15, -0.1) is 0 Å². The highest BCUT2D eigenvalue weighted by Gasteiger charge is 2.24. The van der Waals surface area contributed by atoms with Crippen LogP contribution in [0.4, 0.5) is 0 Å². The predicted octanol–water partition coefficient (Wildman–Crippen LogP) is 5.40. The van der Waals surface area contributed by atoms with Crippen LogP contribution in [0.25, 0.3) is 0 Å². The minimum Gasteiger partial charge on any atom is -0.507 e. The predicted molar refractivity (Wildman–Crippen MR) is 81.5 cm³/mol. The van der Waals surface area contributed by atoms with Gasteiger partial charge in [0, 0.05) is 0 Å². The van der Waals surface area contributed by atoms with Crippen LogP contribution in [0.1, 0.15) is 72.9 Å². The average molecular weight is 250 g/mol. The summed E-state index contributed by atoms with van der Waals surface area (Å²) in [7, 11) is 0. The highest BCUT2D eigenvalue weighted by Crippen LogP contribution is 2.38. The first kappa shape index (κ1) is 17.0. The van der Waals surface area contributed by atoms with Crippen molar-refractivity contribution in [3.63, 3.8) is 0 Å². The van der Waals surface area contributed by atoms with E-state index in [1.807, 2.05) is 18.2 Å². The summed E-state index contributed by atoms with van der Waals surface area (Å²) in [6, 6.07) is 6.04. The average Bonchev–Trinajstić information content (AvgIpc) is 2.15. The van der Waals surface area contributed by atoms with Gasteiger partial charge in [0.2, 0.25) is 0 Å². The Morgan fingerprint density at radius 1 is 0.833 bits per heavy atom. The zero-order valence-electron chi connectivity index (χ0n) is 13.4. The van der Waals surface area contributed by atoms with Crippen LogP contribution in [0.5, 0.6) is 5.75 Å². The molecule has 0 bridgehead atoms. The van der Waals surface area contributed by atoms with Crippen molar-refractivity contribution in [1.29, 1.82) is 0 Å². The lowest BCUT2D eigenvalue weighted by Gasteiger charge is -2.26. The van der Waals surface area contributed by atoms with E-state index < -0.39 is 0 Å². The largest absolute Gasteiger partial charge is 0.507 e. The summed E-state index contributed by atoms with van der Waals surface area (Å²) in [5, 5.41) is 10.3. The SMILES string of the molecule is CC(C)(C)c1cccc(C(C)(C)C)c1O.CCC. The van der Waals surface area contributed by atoms with Gasteiger partial charge in [-0.1, -0.05) is 80.0 Å². The first-order chi connectivity index (χ1) is 8.05. The van der Waals surface area contributed by atoms with E-state index >= 15 is 0 Å². The van der Waals surface area contributed by atoms with Crippen molar-refractivity contribution >= 4 is 0 Å². The number of phenols is 1. The summed E-state index contributed by atoms with van der Waals surface area (Å²) >= 11 is 0. The molecule has 18 heavy (non-hydrogen) atoms. The third-order valence-corrected chi connectivity index (χ3v) is 2.65. The Morgan fingerprint density at radius 2 is 1.11 bits per heavy atom. The highest BCUT2D eigenvalue weighted by atomic mass is 16.3. The Bertz CT molecular complexity index is 332. The van der Waals surface area contributed by atoms with Gasteiger partial charge in [-0.2, -0.15) is 0 Å². The van der Waals surface area contributed by atoms with Gasteiger partial charge in [-0.25, -0.2) is 0 Å². The summed E-state index contributed by atoms with van der Waals surface area (Å²) in [6.45, 7) is 17.0. The summed E-state index contributed by atoms with van der Waals surface area (Å²) in [5.41, 5.74) is 2.03. The number of para-hydroxylation sites is 1. The lowest BCUT2D eigenvalue weighted by atomic mass is 9.80. The molecule has 0 aromatic heterocycles. The van der Waals surface area contributed by atoms with Crippen molar-refractivity contribution in [2.45, 2.75) is 72.6 Å². The Morgan fingerprint density at radius 3 is 1.33 bits per heavy atom. The zero-order chi connectivity index (χ0) is 14.6. The number of rotatable bonds is 0. The van der Waals surface area contributed by atoms with E-state index in [1.54, 1.807) is 0 Å². The second-order valence-corrected chi connectivity index (χ2v) is 6.91. The molecule has 0 fully saturated rings. The van der Waals surface area contributed by atoms with Crippen molar-refractivity contribution in [3.8, 4) is 5.75 Å². The van der Waals surface area contributed by atoms with Gasteiger partial charge in [0.1, 0.15) is 5.75 Å². The molecule has 1 aromatic rings. The fourth-order valence-corrected chi connectivity index (χ4v) is 1.75. The van der Waals surface area contributed by atoms with Crippen molar-refractivity contribution in [2.24, 2.45) is 0 Å². The van der Waals surface area contributed by atoms with Gasteiger partial charge >= 0.3 is 0 Å². The van der Waals surface area contributed by atoms with Gasteiger partial charge in [-0.05, 0) is 22.0 Å². The van der Waals surface area contributed by atoms with Crippen LogP contribution < -0.4 is 0 Å². The fourth-order valence-electron chi connectivity index (χ4n) is 1.75. The molecule has 0 saturated carbocycles. The maximum absolute atomic E-state index is 10.3. The number of benzene rings is 1. The van der Waals surface area contributed by atoms with Gasteiger partial charge < -0.3 is 5.11 Å². The molecular weight excluding hydrogens is 220 g/mol. The van der Waals surface area contributed by atoms with E-state index in [0.717, 1.165) is 11.1 Å². The maximum Gasteiger partial charge on any atom is 0.123 e. The molecule has 0 aliphatic heterocycles. The van der Waals surface area contributed by atoms with E-state index in [4.69, 9.17) is 0 Å². The van der Waals surface area contributed by atoms with Crippen molar-refractivity contribution < 1.29 is 5.11 Å². The van der Waals surface area contributed by atoms with Crippen molar-refractivity contribution in [1.82, 2.24) is 0 Å². The number of hydrogen-bond acceptors (Lipinski definition) is 1. The summed E-state index contributed by atoms with van der Waals surface area (Å²) in [5.74, 6) is 0.456. The lowest BCUT2D eigenvalue weighted by Crippen LogP contribution is -2.16. The molecule has 0 aliphatic rings. The van der Waals surface area contributed by atoms with Crippen LogP contribution in [0.2, 0.25) is 0 Å². The Hall–Kier alpha value is -0.980. The Labute approximate surface area is 113 Å². The van der Waals surface area contributed by atoms with Crippen LogP contribution >= 0.6 is 0 Å². The minimum atomic E-state index is -0.00859. The van der Waals surface area contributed by atoms with Crippen LogP contribution in [0.15, 0.2) is 18.2 Å². The van der Waals surface area contributed by atoms with Crippen molar-refractivity contribution in [2.75, 3.05) is 0 Å². The number of aromatic hydroxyl groups is 1. The normalized spacial score (nSPS) is 11.8. The third kappa shape index (κ3) is 4.72. The molecule has 0 saturated heterocycles. The highest BCUT2D eigenvalue weighted by molar-refractivity contribution is 5.46. The minimum absolute atomic E-state index is 0.00859. The molecule has 0 radical (unpaired) electrons. The molecule has 0 heterocycles. The molecule has 0 atom stereocenters. The van der Waals surface area contributed by atoms with E-state index in [-0.39, 0.29) is 10.8 Å². The van der Waals surface area contributed by atoms with E-state index in [9.17, 15) is 5.11 Å².